The van der Waals surface area contributed by atoms with Crippen molar-refractivity contribution in [2.75, 3.05) is 19.6 Å². The summed E-state index contributed by atoms with van der Waals surface area (Å²) in [6.45, 7) is 6.42. The second-order valence-corrected chi connectivity index (χ2v) is 6.04. The summed E-state index contributed by atoms with van der Waals surface area (Å²) in [6, 6.07) is 0. The molecule has 1 saturated carbocycles. The first-order valence-electron chi connectivity index (χ1n) is 7.49. The van der Waals surface area contributed by atoms with Crippen LogP contribution in [0.2, 0.25) is 0 Å². The van der Waals surface area contributed by atoms with Gasteiger partial charge in [-0.25, -0.2) is 0 Å². The molecular weight excluding hydrogens is 236 g/mol. The Balaban J connectivity index is 2.39. The Morgan fingerprint density at radius 2 is 2.11 bits per heavy atom. The molecular formula is C16H28N2O. The van der Waals surface area contributed by atoms with Gasteiger partial charge in [-0.3, -0.25) is 4.79 Å². The van der Waals surface area contributed by atoms with Gasteiger partial charge in [0.1, 0.15) is 0 Å². The number of nitrogens with two attached hydrogens (primary N) is 1. The van der Waals surface area contributed by atoms with Crippen molar-refractivity contribution in [3.8, 4) is 12.3 Å². The molecule has 0 aliphatic heterocycles. The van der Waals surface area contributed by atoms with Gasteiger partial charge >= 0.3 is 0 Å². The molecule has 0 radical (unpaired) electrons. The number of carbonyl (C=O) groups excluding carboxylic acids is 1. The molecule has 0 aromatic carbocycles. The molecule has 1 amide bonds. The Hall–Kier alpha value is -1.01. The van der Waals surface area contributed by atoms with Crippen LogP contribution in [0.25, 0.3) is 0 Å². The summed E-state index contributed by atoms with van der Waals surface area (Å²) in [5.41, 5.74) is 5.63. The van der Waals surface area contributed by atoms with Crippen LogP contribution < -0.4 is 5.73 Å². The first-order chi connectivity index (χ1) is 9.08. The molecule has 0 aromatic heterocycles. The zero-order valence-corrected chi connectivity index (χ0v) is 12.4. The zero-order valence-electron chi connectivity index (χ0n) is 12.4. The van der Waals surface area contributed by atoms with Gasteiger partial charge in [0.15, 0.2) is 0 Å². The molecule has 1 fully saturated rings. The minimum Gasteiger partial charge on any atom is -0.331 e. The summed E-state index contributed by atoms with van der Waals surface area (Å²) >= 11 is 0. The standard InChI is InChI=1S/C16H28N2O/c1-4-11-18(12-14-5-6-14)16(19)8-7-15(9-10-17)13(2)3/h1,13-15H,5-12,17H2,2-3H3. The van der Waals surface area contributed by atoms with Crippen molar-refractivity contribution in [3.05, 3.63) is 0 Å². The summed E-state index contributed by atoms with van der Waals surface area (Å²) in [5.74, 6) is 4.64. The predicted octanol–water partition coefficient (Wildman–Crippen LogP) is 2.26. The van der Waals surface area contributed by atoms with E-state index < -0.39 is 0 Å². The minimum atomic E-state index is 0.215. The lowest BCUT2D eigenvalue weighted by atomic mass is 9.88. The number of nitrogens with zero attached hydrogens (tertiary/aromatic N) is 1. The first kappa shape index (κ1) is 16.0. The molecule has 1 atom stereocenters. The molecule has 0 spiro atoms. The quantitative estimate of drug-likeness (QED) is 0.649. The number of carbonyl (C=O) groups is 1. The largest absolute Gasteiger partial charge is 0.331 e. The highest BCUT2D eigenvalue weighted by molar-refractivity contribution is 5.76. The summed E-state index contributed by atoms with van der Waals surface area (Å²) in [6.07, 6.45) is 10.4. The third-order valence-electron chi connectivity index (χ3n) is 4.02. The van der Waals surface area contributed by atoms with Crippen LogP contribution in [0.15, 0.2) is 0 Å². The van der Waals surface area contributed by atoms with Crippen LogP contribution >= 0.6 is 0 Å². The number of rotatable bonds is 9. The summed E-state index contributed by atoms with van der Waals surface area (Å²) in [5, 5.41) is 0. The van der Waals surface area contributed by atoms with Crippen molar-refractivity contribution in [2.24, 2.45) is 23.5 Å². The van der Waals surface area contributed by atoms with Crippen LogP contribution in [-0.4, -0.2) is 30.4 Å². The monoisotopic (exact) mass is 264 g/mol. The highest BCUT2D eigenvalue weighted by Crippen LogP contribution is 2.30. The van der Waals surface area contributed by atoms with Crippen LogP contribution in [0.1, 0.15) is 46.0 Å². The van der Waals surface area contributed by atoms with E-state index in [1.54, 1.807) is 0 Å². The van der Waals surface area contributed by atoms with Crippen molar-refractivity contribution < 1.29 is 4.79 Å². The minimum absolute atomic E-state index is 0.215. The molecule has 108 valence electrons. The zero-order chi connectivity index (χ0) is 14.3. The van der Waals surface area contributed by atoms with E-state index in [1.165, 1.54) is 12.8 Å². The van der Waals surface area contributed by atoms with E-state index in [1.807, 2.05) is 4.90 Å². The molecule has 0 heterocycles. The van der Waals surface area contributed by atoms with Crippen molar-refractivity contribution in [1.29, 1.82) is 0 Å². The van der Waals surface area contributed by atoms with E-state index in [0.717, 1.165) is 19.4 Å². The molecule has 0 aromatic rings. The Morgan fingerprint density at radius 1 is 1.42 bits per heavy atom. The van der Waals surface area contributed by atoms with Crippen molar-refractivity contribution in [2.45, 2.75) is 46.0 Å². The molecule has 1 unspecified atom stereocenters. The number of terminal acetylenes is 1. The van der Waals surface area contributed by atoms with Crippen molar-refractivity contribution in [1.82, 2.24) is 4.90 Å². The number of hydrogen-bond donors (Lipinski definition) is 1. The maximum absolute atomic E-state index is 12.2. The lowest BCUT2D eigenvalue weighted by Crippen LogP contribution is -2.33. The van der Waals surface area contributed by atoms with Crippen LogP contribution in [0.5, 0.6) is 0 Å². The summed E-state index contributed by atoms with van der Waals surface area (Å²) < 4.78 is 0. The molecule has 3 heteroatoms. The molecule has 0 bridgehead atoms. The first-order valence-corrected chi connectivity index (χ1v) is 7.49. The van der Waals surface area contributed by atoms with E-state index in [4.69, 9.17) is 12.2 Å². The molecule has 2 N–H and O–H groups in total. The van der Waals surface area contributed by atoms with E-state index in [2.05, 4.69) is 19.8 Å². The van der Waals surface area contributed by atoms with Gasteiger partial charge in [-0.1, -0.05) is 19.8 Å². The van der Waals surface area contributed by atoms with Gasteiger partial charge in [0.2, 0.25) is 5.91 Å². The smallest absolute Gasteiger partial charge is 0.223 e. The number of amides is 1. The van der Waals surface area contributed by atoms with Crippen molar-refractivity contribution >= 4 is 5.91 Å². The van der Waals surface area contributed by atoms with Crippen LogP contribution in [0.4, 0.5) is 0 Å². The lowest BCUT2D eigenvalue weighted by Gasteiger charge is -2.23. The van der Waals surface area contributed by atoms with Gasteiger partial charge in [-0.05, 0) is 50.0 Å². The molecule has 1 aliphatic carbocycles. The highest BCUT2D eigenvalue weighted by atomic mass is 16.2. The van der Waals surface area contributed by atoms with Gasteiger partial charge in [0, 0.05) is 13.0 Å². The van der Waals surface area contributed by atoms with Crippen LogP contribution in [0.3, 0.4) is 0 Å². The Bertz CT molecular complexity index is 315. The van der Waals surface area contributed by atoms with E-state index in [0.29, 0.717) is 37.3 Å². The van der Waals surface area contributed by atoms with Crippen molar-refractivity contribution in [3.63, 3.8) is 0 Å². The second kappa shape index (κ2) is 8.22. The van der Waals surface area contributed by atoms with E-state index in [9.17, 15) is 4.79 Å². The average Bonchev–Trinajstić information content (AvgIpc) is 3.17. The van der Waals surface area contributed by atoms with Gasteiger partial charge in [-0.2, -0.15) is 0 Å². The molecule has 3 nitrogen and oxygen atoms in total. The molecule has 0 saturated heterocycles. The average molecular weight is 264 g/mol. The van der Waals surface area contributed by atoms with Crippen LogP contribution in [0, 0.1) is 30.1 Å². The maximum atomic E-state index is 12.2. The fraction of sp³-hybridized carbons (Fsp3) is 0.812. The topological polar surface area (TPSA) is 46.3 Å². The Kier molecular flexibility index (Phi) is 6.94. The third-order valence-corrected chi connectivity index (χ3v) is 4.02. The second-order valence-electron chi connectivity index (χ2n) is 6.04. The lowest BCUT2D eigenvalue weighted by molar-refractivity contribution is -0.131. The highest BCUT2D eigenvalue weighted by Gasteiger charge is 2.26. The van der Waals surface area contributed by atoms with Gasteiger partial charge in [-0.15, -0.1) is 6.42 Å². The maximum Gasteiger partial charge on any atom is 0.223 e. The predicted molar refractivity (Wildman–Crippen MR) is 79.4 cm³/mol. The van der Waals surface area contributed by atoms with Crippen LogP contribution in [-0.2, 0) is 4.79 Å². The molecule has 1 rings (SSSR count). The molecule has 19 heavy (non-hydrogen) atoms. The van der Waals surface area contributed by atoms with Gasteiger partial charge < -0.3 is 10.6 Å². The Labute approximate surface area is 117 Å². The van der Waals surface area contributed by atoms with Gasteiger partial charge in [0.05, 0.1) is 6.54 Å². The van der Waals surface area contributed by atoms with E-state index in [-0.39, 0.29) is 5.91 Å². The molecule has 1 aliphatic rings. The van der Waals surface area contributed by atoms with Gasteiger partial charge in [0.25, 0.3) is 0 Å². The SMILES string of the molecule is C#CCN(CC1CC1)C(=O)CCC(CCN)C(C)C. The Morgan fingerprint density at radius 3 is 2.58 bits per heavy atom. The summed E-state index contributed by atoms with van der Waals surface area (Å²) in [4.78, 5) is 14.1. The number of hydrogen-bond acceptors (Lipinski definition) is 2. The normalized spacial score (nSPS) is 16.2. The summed E-state index contributed by atoms with van der Waals surface area (Å²) in [7, 11) is 0. The fourth-order valence-electron chi connectivity index (χ4n) is 2.47. The third kappa shape index (κ3) is 6.11. The van der Waals surface area contributed by atoms with E-state index >= 15 is 0 Å². The fourth-order valence-corrected chi connectivity index (χ4v) is 2.47.